The van der Waals surface area contributed by atoms with E-state index in [1.807, 2.05) is 0 Å². The summed E-state index contributed by atoms with van der Waals surface area (Å²) < 4.78 is 12.6. The van der Waals surface area contributed by atoms with E-state index in [-0.39, 0.29) is 11.1 Å². The molecule has 0 unspecified atom stereocenters. The molecule has 2 rings (SSSR count). The molecular weight excluding hydrogens is 221 g/mol. The maximum atomic E-state index is 12.6. The summed E-state index contributed by atoms with van der Waals surface area (Å²) in [5.74, 6) is 0.213. The fraction of sp³-hybridized carbons (Fsp3) is 0.111. The highest BCUT2D eigenvalue weighted by atomic mass is 32.2. The van der Waals surface area contributed by atoms with Gasteiger partial charge in [-0.25, -0.2) is 4.39 Å². The van der Waals surface area contributed by atoms with Crippen LogP contribution in [0.4, 0.5) is 14.9 Å². The van der Waals surface area contributed by atoms with E-state index in [0.29, 0.717) is 16.4 Å². The predicted molar refractivity (Wildman–Crippen MR) is 59.3 cm³/mol. The first-order valence-corrected chi connectivity index (χ1v) is 5.33. The van der Waals surface area contributed by atoms with Crippen LogP contribution in [0.15, 0.2) is 24.3 Å². The summed E-state index contributed by atoms with van der Waals surface area (Å²) >= 11 is 6.19. The molecule has 2 nitrogen and oxygen atoms in total. The van der Waals surface area contributed by atoms with Gasteiger partial charge in [-0.3, -0.25) is 9.69 Å². The lowest BCUT2D eigenvalue weighted by atomic mass is 10.3. The molecule has 1 fully saturated rings. The number of rotatable bonds is 1. The van der Waals surface area contributed by atoms with Gasteiger partial charge in [0.25, 0.3) is 5.24 Å². The lowest BCUT2D eigenvalue weighted by Crippen LogP contribution is -2.26. The minimum Gasteiger partial charge on any atom is -0.265 e. The van der Waals surface area contributed by atoms with Crippen molar-refractivity contribution in [2.75, 3.05) is 10.7 Å². The zero-order chi connectivity index (χ0) is 10.1. The van der Waals surface area contributed by atoms with Gasteiger partial charge in [0.05, 0.1) is 11.4 Å². The lowest BCUT2D eigenvalue weighted by molar-refractivity contribution is 0.268. The third kappa shape index (κ3) is 1.65. The molecular formula is C9H6FNOS2. The minimum absolute atomic E-state index is 0.0957. The first-order valence-electron chi connectivity index (χ1n) is 3.94. The highest BCUT2D eigenvalue weighted by Crippen LogP contribution is 2.27. The summed E-state index contributed by atoms with van der Waals surface area (Å²) in [6.45, 7) is 0. The Balaban J connectivity index is 2.34. The number of thiocarbonyl (C=S) groups is 1. The zero-order valence-corrected chi connectivity index (χ0v) is 8.70. The first-order chi connectivity index (χ1) is 6.68. The summed E-state index contributed by atoms with van der Waals surface area (Å²) in [7, 11) is 0. The molecule has 14 heavy (non-hydrogen) atoms. The first kappa shape index (κ1) is 9.61. The van der Waals surface area contributed by atoms with Crippen molar-refractivity contribution < 1.29 is 9.18 Å². The second-order valence-electron chi connectivity index (χ2n) is 2.76. The number of amides is 1. The van der Waals surface area contributed by atoms with E-state index < -0.39 is 0 Å². The lowest BCUT2D eigenvalue weighted by Gasteiger charge is -2.14. The maximum Gasteiger partial charge on any atom is 0.291 e. The van der Waals surface area contributed by atoms with Crippen molar-refractivity contribution in [2.45, 2.75) is 0 Å². The summed E-state index contributed by atoms with van der Waals surface area (Å²) in [4.78, 5) is 13.4. The molecule has 0 aromatic heterocycles. The van der Waals surface area contributed by atoms with Gasteiger partial charge < -0.3 is 0 Å². The minimum atomic E-state index is -0.320. The van der Waals surface area contributed by atoms with Crippen LogP contribution >= 0.6 is 24.0 Å². The van der Waals surface area contributed by atoms with E-state index >= 15 is 0 Å². The van der Waals surface area contributed by atoms with Gasteiger partial charge in [0.2, 0.25) is 0 Å². The average Bonchev–Trinajstić information content (AvgIpc) is 2.49. The monoisotopic (exact) mass is 227 g/mol. The second-order valence-corrected chi connectivity index (χ2v) is 4.16. The topological polar surface area (TPSA) is 20.3 Å². The summed E-state index contributed by atoms with van der Waals surface area (Å²) in [5, 5.41) is -0.0957. The summed E-state index contributed by atoms with van der Waals surface area (Å²) in [5.41, 5.74) is 0.631. The fourth-order valence-corrected chi connectivity index (χ4v) is 2.34. The van der Waals surface area contributed by atoms with Crippen LogP contribution in [-0.4, -0.2) is 16.0 Å². The SMILES string of the molecule is O=C1SCC(=S)N1c1ccc(F)cc1. The third-order valence-corrected chi connectivity index (χ3v) is 3.19. The Morgan fingerprint density at radius 3 is 2.50 bits per heavy atom. The van der Waals surface area contributed by atoms with Crippen LogP contribution < -0.4 is 4.90 Å². The van der Waals surface area contributed by atoms with Gasteiger partial charge in [0.1, 0.15) is 10.8 Å². The molecule has 1 aromatic rings. The zero-order valence-electron chi connectivity index (χ0n) is 7.07. The number of hydrogen-bond acceptors (Lipinski definition) is 3. The Morgan fingerprint density at radius 1 is 1.36 bits per heavy atom. The largest absolute Gasteiger partial charge is 0.291 e. The standard InChI is InChI=1S/C9H6FNOS2/c10-6-1-3-7(4-2-6)11-8(13)5-14-9(11)12/h1-4H,5H2. The number of benzene rings is 1. The molecule has 1 aliphatic rings. The van der Waals surface area contributed by atoms with Crippen LogP contribution in [0.5, 0.6) is 0 Å². The van der Waals surface area contributed by atoms with Gasteiger partial charge in [-0.05, 0) is 24.3 Å². The highest BCUT2D eigenvalue weighted by molar-refractivity contribution is 8.16. The molecule has 1 heterocycles. The smallest absolute Gasteiger partial charge is 0.265 e. The van der Waals surface area contributed by atoms with Crippen LogP contribution in [0.2, 0.25) is 0 Å². The number of thioether (sulfide) groups is 1. The molecule has 0 saturated carbocycles. The normalized spacial score (nSPS) is 16.5. The van der Waals surface area contributed by atoms with E-state index in [0.717, 1.165) is 11.8 Å². The molecule has 0 N–H and O–H groups in total. The second kappa shape index (κ2) is 3.67. The van der Waals surface area contributed by atoms with Crippen LogP contribution in [0.25, 0.3) is 0 Å². The molecule has 72 valence electrons. The van der Waals surface area contributed by atoms with Gasteiger partial charge in [0.15, 0.2) is 0 Å². The van der Waals surface area contributed by atoms with Crippen molar-refractivity contribution in [3.63, 3.8) is 0 Å². The Bertz CT molecular complexity index is 374. The molecule has 1 saturated heterocycles. The predicted octanol–water partition coefficient (Wildman–Crippen LogP) is 2.83. The van der Waals surface area contributed by atoms with Crippen molar-refractivity contribution in [1.82, 2.24) is 0 Å². The van der Waals surface area contributed by atoms with Gasteiger partial charge in [-0.1, -0.05) is 24.0 Å². The maximum absolute atomic E-state index is 12.6. The van der Waals surface area contributed by atoms with Crippen molar-refractivity contribution in [1.29, 1.82) is 0 Å². The molecule has 0 bridgehead atoms. The van der Waals surface area contributed by atoms with E-state index in [2.05, 4.69) is 0 Å². The molecule has 0 spiro atoms. The number of nitrogens with zero attached hydrogens (tertiary/aromatic N) is 1. The Labute approximate surface area is 90.1 Å². The van der Waals surface area contributed by atoms with E-state index in [4.69, 9.17) is 12.2 Å². The Morgan fingerprint density at radius 2 is 2.00 bits per heavy atom. The number of hydrogen-bond donors (Lipinski definition) is 0. The van der Waals surface area contributed by atoms with Crippen LogP contribution in [0.3, 0.4) is 0 Å². The molecule has 0 atom stereocenters. The Kier molecular flexibility index (Phi) is 2.52. The number of anilines is 1. The van der Waals surface area contributed by atoms with Crippen molar-refractivity contribution in [3.05, 3.63) is 30.1 Å². The van der Waals surface area contributed by atoms with Crippen molar-refractivity contribution >= 4 is 39.9 Å². The van der Waals surface area contributed by atoms with Crippen LogP contribution in [0, 0.1) is 5.82 Å². The summed E-state index contributed by atoms with van der Waals surface area (Å²) in [6.07, 6.45) is 0. The number of carbonyl (C=O) groups excluding carboxylic acids is 1. The van der Waals surface area contributed by atoms with Gasteiger partial charge in [-0.2, -0.15) is 0 Å². The molecule has 0 radical (unpaired) electrons. The number of carbonyl (C=O) groups is 1. The van der Waals surface area contributed by atoms with Gasteiger partial charge in [0, 0.05) is 0 Å². The van der Waals surface area contributed by atoms with Crippen LogP contribution in [0.1, 0.15) is 0 Å². The number of halogens is 1. The average molecular weight is 227 g/mol. The summed E-state index contributed by atoms with van der Waals surface area (Å²) in [6, 6.07) is 5.72. The Hall–Kier alpha value is -0.940. The van der Waals surface area contributed by atoms with Crippen LogP contribution in [-0.2, 0) is 0 Å². The molecule has 0 aliphatic carbocycles. The van der Waals surface area contributed by atoms with Crippen molar-refractivity contribution in [3.8, 4) is 0 Å². The fourth-order valence-electron chi connectivity index (χ4n) is 1.19. The van der Waals surface area contributed by atoms with Crippen molar-refractivity contribution in [2.24, 2.45) is 0 Å². The quantitative estimate of drug-likeness (QED) is 0.688. The van der Waals surface area contributed by atoms with Gasteiger partial charge in [-0.15, -0.1) is 0 Å². The van der Waals surface area contributed by atoms with E-state index in [9.17, 15) is 9.18 Å². The molecule has 1 aromatic carbocycles. The molecule has 1 aliphatic heterocycles. The third-order valence-electron chi connectivity index (χ3n) is 1.84. The highest BCUT2D eigenvalue weighted by Gasteiger charge is 2.27. The molecule has 5 heteroatoms. The molecule has 1 amide bonds. The van der Waals surface area contributed by atoms with E-state index in [1.165, 1.54) is 17.0 Å². The van der Waals surface area contributed by atoms with E-state index in [1.54, 1.807) is 12.1 Å². The van der Waals surface area contributed by atoms with Gasteiger partial charge >= 0.3 is 0 Å².